The predicted molar refractivity (Wildman–Crippen MR) is 63.0 cm³/mol. The Balaban J connectivity index is 2.55. The highest BCUT2D eigenvalue weighted by atomic mass is 35.7. The lowest BCUT2D eigenvalue weighted by Crippen LogP contribution is -2.36. The van der Waals surface area contributed by atoms with Crippen LogP contribution in [0.3, 0.4) is 0 Å². The van der Waals surface area contributed by atoms with Crippen LogP contribution in [0.25, 0.3) is 0 Å². The van der Waals surface area contributed by atoms with Crippen LogP contribution in [0.4, 0.5) is 5.69 Å². The van der Waals surface area contributed by atoms with Gasteiger partial charge in [0.1, 0.15) is 12.4 Å². The molecular formula is C10H10ClNO4S. The molecule has 0 saturated carbocycles. The zero-order valence-electron chi connectivity index (χ0n) is 9.01. The third-order valence-electron chi connectivity index (χ3n) is 2.46. The summed E-state index contributed by atoms with van der Waals surface area (Å²) in [6, 6.07) is 4.20. The fourth-order valence-corrected chi connectivity index (χ4v) is 2.45. The van der Waals surface area contributed by atoms with Crippen molar-refractivity contribution in [3.63, 3.8) is 0 Å². The second kappa shape index (κ2) is 4.19. The molecule has 0 radical (unpaired) electrons. The molecule has 0 saturated heterocycles. The van der Waals surface area contributed by atoms with E-state index in [2.05, 4.69) is 0 Å². The molecule has 5 nitrogen and oxygen atoms in total. The van der Waals surface area contributed by atoms with E-state index in [0.29, 0.717) is 24.6 Å². The Morgan fingerprint density at radius 2 is 2.18 bits per heavy atom. The Morgan fingerprint density at radius 1 is 1.47 bits per heavy atom. The number of fused-ring (bicyclic) bond motifs is 1. The lowest BCUT2D eigenvalue weighted by atomic mass is 10.2. The van der Waals surface area contributed by atoms with Gasteiger partial charge in [0.25, 0.3) is 9.05 Å². The number of hydrogen-bond donors (Lipinski definition) is 0. The van der Waals surface area contributed by atoms with E-state index in [4.69, 9.17) is 15.4 Å². The van der Waals surface area contributed by atoms with E-state index in [1.54, 1.807) is 0 Å². The van der Waals surface area contributed by atoms with Crippen molar-refractivity contribution in [2.24, 2.45) is 0 Å². The molecule has 0 aliphatic carbocycles. The molecule has 2 rings (SSSR count). The summed E-state index contributed by atoms with van der Waals surface area (Å²) in [5, 5.41) is 0. The quantitative estimate of drug-likeness (QED) is 0.726. The Kier molecular flexibility index (Phi) is 3.01. The van der Waals surface area contributed by atoms with Crippen LogP contribution < -0.4 is 9.64 Å². The summed E-state index contributed by atoms with van der Waals surface area (Å²) in [4.78, 5) is 12.8. The maximum atomic E-state index is 11.4. The van der Waals surface area contributed by atoms with Crippen LogP contribution in [0.2, 0.25) is 0 Å². The Labute approximate surface area is 103 Å². The molecule has 92 valence electrons. The lowest BCUT2D eigenvalue weighted by molar-refractivity contribution is -0.116. The number of carbonyl (C=O) groups excluding carboxylic acids is 1. The standard InChI is InChI=1S/C10H10ClNO4S/c1-7(13)12-4-5-16-10-3-2-8(6-9(10)12)17(11,14)15/h2-3,6H,4-5H2,1H3. The molecule has 1 aliphatic heterocycles. The van der Waals surface area contributed by atoms with Gasteiger partial charge in [-0.25, -0.2) is 8.42 Å². The first kappa shape index (κ1) is 12.2. The van der Waals surface area contributed by atoms with Gasteiger partial charge in [0.05, 0.1) is 17.1 Å². The Hall–Kier alpha value is -1.27. The van der Waals surface area contributed by atoms with Crippen molar-refractivity contribution in [3.8, 4) is 5.75 Å². The zero-order chi connectivity index (χ0) is 12.6. The second-order valence-electron chi connectivity index (χ2n) is 3.59. The number of ether oxygens (including phenoxy) is 1. The van der Waals surface area contributed by atoms with Gasteiger partial charge in [-0.1, -0.05) is 0 Å². The number of amides is 1. The van der Waals surface area contributed by atoms with Gasteiger partial charge >= 0.3 is 0 Å². The van der Waals surface area contributed by atoms with Gasteiger partial charge in [-0.05, 0) is 18.2 Å². The smallest absolute Gasteiger partial charge is 0.261 e. The van der Waals surface area contributed by atoms with Crippen LogP contribution in [-0.4, -0.2) is 27.5 Å². The van der Waals surface area contributed by atoms with Crippen LogP contribution in [-0.2, 0) is 13.8 Å². The van der Waals surface area contributed by atoms with Gasteiger partial charge in [-0.2, -0.15) is 0 Å². The Bertz CT molecular complexity index is 570. The zero-order valence-corrected chi connectivity index (χ0v) is 10.6. The fraction of sp³-hybridized carbons (Fsp3) is 0.300. The summed E-state index contributed by atoms with van der Waals surface area (Å²) >= 11 is 0. The molecular weight excluding hydrogens is 266 g/mol. The van der Waals surface area contributed by atoms with E-state index < -0.39 is 9.05 Å². The van der Waals surface area contributed by atoms with Crippen molar-refractivity contribution < 1.29 is 17.9 Å². The van der Waals surface area contributed by atoms with Crippen LogP contribution >= 0.6 is 10.7 Å². The van der Waals surface area contributed by atoms with Crippen LogP contribution in [0.15, 0.2) is 23.1 Å². The van der Waals surface area contributed by atoms with Crippen LogP contribution in [0, 0.1) is 0 Å². The fourth-order valence-electron chi connectivity index (χ4n) is 1.68. The molecule has 1 aromatic carbocycles. The van der Waals surface area contributed by atoms with Crippen molar-refractivity contribution in [1.82, 2.24) is 0 Å². The van der Waals surface area contributed by atoms with Gasteiger partial charge in [0, 0.05) is 17.6 Å². The predicted octanol–water partition coefficient (Wildman–Crippen LogP) is 1.36. The van der Waals surface area contributed by atoms with Crippen LogP contribution in [0.1, 0.15) is 6.92 Å². The van der Waals surface area contributed by atoms with Gasteiger partial charge in [-0.15, -0.1) is 0 Å². The minimum absolute atomic E-state index is 0.0466. The highest BCUT2D eigenvalue weighted by Crippen LogP contribution is 2.34. The van der Waals surface area contributed by atoms with Gasteiger partial charge in [-0.3, -0.25) is 4.79 Å². The molecule has 17 heavy (non-hydrogen) atoms. The molecule has 0 spiro atoms. The summed E-state index contributed by atoms with van der Waals surface area (Å²) in [7, 11) is 1.45. The number of nitrogens with zero attached hydrogens (tertiary/aromatic N) is 1. The average molecular weight is 276 g/mol. The molecule has 0 aromatic heterocycles. The summed E-state index contributed by atoms with van der Waals surface area (Å²) in [5.41, 5.74) is 0.436. The summed E-state index contributed by atoms with van der Waals surface area (Å²) in [5.74, 6) is 0.314. The maximum Gasteiger partial charge on any atom is 0.261 e. The molecule has 1 amide bonds. The molecule has 0 N–H and O–H groups in total. The minimum Gasteiger partial charge on any atom is -0.490 e. The maximum absolute atomic E-state index is 11.4. The average Bonchev–Trinajstić information content (AvgIpc) is 2.26. The SMILES string of the molecule is CC(=O)N1CCOc2ccc(S(=O)(=O)Cl)cc21. The van der Waals surface area contributed by atoms with Gasteiger partial charge in [0.15, 0.2) is 0 Å². The van der Waals surface area contributed by atoms with Crippen LogP contribution in [0.5, 0.6) is 5.75 Å². The third kappa shape index (κ3) is 2.37. The topological polar surface area (TPSA) is 63.7 Å². The van der Waals surface area contributed by atoms with E-state index in [1.165, 1.54) is 30.0 Å². The number of anilines is 1. The molecule has 1 aromatic rings. The number of benzene rings is 1. The summed E-state index contributed by atoms with van der Waals surface area (Å²) in [6.07, 6.45) is 0. The first-order chi connectivity index (χ1) is 7.89. The monoisotopic (exact) mass is 275 g/mol. The molecule has 1 aliphatic rings. The number of hydrogen-bond acceptors (Lipinski definition) is 4. The lowest BCUT2D eigenvalue weighted by Gasteiger charge is -2.28. The van der Waals surface area contributed by atoms with Crippen molar-refractivity contribution in [1.29, 1.82) is 0 Å². The van der Waals surface area contributed by atoms with Crippen molar-refractivity contribution in [3.05, 3.63) is 18.2 Å². The number of halogens is 1. The molecule has 0 bridgehead atoms. The van der Waals surface area contributed by atoms with Crippen molar-refractivity contribution in [2.45, 2.75) is 11.8 Å². The largest absolute Gasteiger partial charge is 0.490 e. The Morgan fingerprint density at radius 3 is 2.76 bits per heavy atom. The second-order valence-corrected chi connectivity index (χ2v) is 6.15. The normalized spacial score (nSPS) is 15.1. The van der Waals surface area contributed by atoms with Crippen molar-refractivity contribution in [2.75, 3.05) is 18.1 Å². The van der Waals surface area contributed by atoms with Gasteiger partial charge in [0.2, 0.25) is 5.91 Å². The van der Waals surface area contributed by atoms with Gasteiger partial charge < -0.3 is 9.64 Å². The van der Waals surface area contributed by atoms with Crippen molar-refractivity contribution >= 4 is 31.3 Å². The number of rotatable bonds is 1. The van der Waals surface area contributed by atoms with E-state index in [1.807, 2.05) is 0 Å². The van der Waals surface area contributed by atoms with E-state index in [-0.39, 0.29) is 10.8 Å². The van der Waals surface area contributed by atoms with E-state index in [0.717, 1.165) is 0 Å². The highest BCUT2D eigenvalue weighted by Gasteiger charge is 2.23. The van der Waals surface area contributed by atoms with E-state index in [9.17, 15) is 13.2 Å². The third-order valence-corrected chi connectivity index (χ3v) is 3.81. The molecule has 1 heterocycles. The minimum atomic E-state index is -3.81. The number of carbonyl (C=O) groups is 1. The molecule has 0 atom stereocenters. The first-order valence-electron chi connectivity index (χ1n) is 4.89. The first-order valence-corrected chi connectivity index (χ1v) is 7.20. The molecule has 0 fully saturated rings. The molecule has 7 heteroatoms. The van der Waals surface area contributed by atoms with E-state index >= 15 is 0 Å². The molecule has 0 unspecified atom stereocenters. The summed E-state index contributed by atoms with van der Waals surface area (Å²) < 4.78 is 27.8. The summed E-state index contributed by atoms with van der Waals surface area (Å²) in [6.45, 7) is 2.20. The highest BCUT2D eigenvalue weighted by molar-refractivity contribution is 8.13.